The molecule has 0 unspecified atom stereocenters. The summed E-state index contributed by atoms with van der Waals surface area (Å²) in [6.45, 7) is 3.91. The number of ether oxygens (including phenoxy) is 1. The molecule has 0 amide bonds. The van der Waals surface area contributed by atoms with E-state index in [0.29, 0.717) is 6.54 Å². The van der Waals surface area contributed by atoms with Crippen molar-refractivity contribution in [3.63, 3.8) is 0 Å². The van der Waals surface area contributed by atoms with Crippen molar-refractivity contribution in [2.24, 2.45) is 0 Å². The number of halogens is 1. The summed E-state index contributed by atoms with van der Waals surface area (Å²) in [6, 6.07) is 4.04. The topological polar surface area (TPSA) is 57.6 Å². The summed E-state index contributed by atoms with van der Waals surface area (Å²) in [6.07, 6.45) is 0. The first-order valence-electron chi connectivity index (χ1n) is 5.64. The molecule has 5 nitrogen and oxygen atoms in total. The number of aliphatic hydroxyl groups is 1. The van der Waals surface area contributed by atoms with E-state index in [1.165, 1.54) is 0 Å². The molecule has 0 aliphatic carbocycles. The Morgan fingerprint density at radius 2 is 2.18 bits per heavy atom. The van der Waals surface area contributed by atoms with E-state index in [4.69, 9.17) is 9.84 Å². The Bertz CT molecular complexity index is 370. The van der Waals surface area contributed by atoms with Crippen LogP contribution in [-0.4, -0.2) is 49.5 Å². The van der Waals surface area contributed by atoms with Gasteiger partial charge in [-0.2, -0.15) is 0 Å². The van der Waals surface area contributed by atoms with Crippen LogP contribution in [0.4, 0.5) is 11.6 Å². The van der Waals surface area contributed by atoms with Gasteiger partial charge in [-0.1, -0.05) is 0 Å². The highest BCUT2D eigenvalue weighted by Gasteiger charge is 2.13. The average Bonchev–Trinajstić information content (AvgIpc) is 2.37. The summed E-state index contributed by atoms with van der Waals surface area (Å²) in [7, 11) is 0. The van der Waals surface area contributed by atoms with Gasteiger partial charge in [0, 0.05) is 23.2 Å². The summed E-state index contributed by atoms with van der Waals surface area (Å²) in [5.74, 6) is 1.79. The second-order valence-electron chi connectivity index (χ2n) is 3.78. The minimum Gasteiger partial charge on any atom is -0.395 e. The van der Waals surface area contributed by atoms with Gasteiger partial charge in [0.1, 0.15) is 11.6 Å². The number of rotatable bonds is 4. The first-order valence-corrected chi connectivity index (χ1v) is 6.72. The van der Waals surface area contributed by atoms with Crippen molar-refractivity contribution < 1.29 is 9.84 Å². The smallest absolute Gasteiger partial charge is 0.132 e. The summed E-state index contributed by atoms with van der Waals surface area (Å²) >= 11 is 2.28. The predicted molar refractivity (Wildman–Crippen MR) is 75.6 cm³/mol. The van der Waals surface area contributed by atoms with Crippen LogP contribution < -0.4 is 10.2 Å². The van der Waals surface area contributed by atoms with Gasteiger partial charge in [0.15, 0.2) is 0 Å². The van der Waals surface area contributed by atoms with Gasteiger partial charge in [0.25, 0.3) is 0 Å². The van der Waals surface area contributed by atoms with Gasteiger partial charge in [-0.05, 0) is 34.7 Å². The molecule has 94 valence electrons. The van der Waals surface area contributed by atoms with Gasteiger partial charge >= 0.3 is 0 Å². The molecule has 2 N–H and O–H groups in total. The molecule has 1 saturated heterocycles. The van der Waals surface area contributed by atoms with Gasteiger partial charge in [0.05, 0.1) is 19.8 Å². The molecule has 0 bridgehead atoms. The minimum absolute atomic E-state index is 0.111. The van der Waals surface area contributed by atoms with Gasteiger partial charge in [0.2, 0.25) is 0 Å². The number of aromatic nitrogens is 1. The lowest BCUT2D eigenvalue weighted by atomic mass is 10.3. The van der Waals surface area contributed by atoms with Crippen LogP contribution in [0.5, 0.6) is 0 Å². The molecule has 1 aliphatic rings. The summed E-state index contributed by atoms with van der Waals surface area (Å²) < 4.78 is 6.47. The van der Waals surface area contributed by atoms with Crippen molar-refractivity contribution in [2.45, 2.75) is 0 Å². The van der Waals surface area contributed by atoms with Gasteiger partial charge < -0.3 is 20.1 Å². The van der Waals surface area contributed by atoms with E-state index in [-0.39, 0.29) is 6.61 Å². The first kappa shape index (κ1) is 12.8. The van der Waals surface area contributed by atoms with Crippen LogP contribution in [0.25, 0.3) is 0 Å². The molecule has 2 heterocycles. The average molecular weight is 349 g/mol. The number of aliphatic hydroxyl groups excluding tert-OH is 1. The van der Waals surface area contributed by atoms with Crippen molar-refractivity contribution in [2.75, 3.05) is 49.7 Å². The minimum atomic E-state index is 0.111. The maximum atomic E-state index is 8.80. The zero-order valence-electron chi connectivity index (χ0n) is 9.53. The maximum Gasteiger partial charge on any atom is 0.132 e. The maximum absolute atomic E-state index is 8.80. The molecule has 1 fully saturated rings. The lowest BCUT2D eigenvalue weighted by molar-refractivity contribution is 0.122. The molecule has 17 heavy (non-hydrogen) atoms. The predicted octanol–water partition coefficient (Wildman–Crippen LogP) is 0.927. The molecule has 1 aliphatic heterocycles. The van der Waals surface area contributed by atoms with Gasteiger partial charge in [-0.25, -0.2) is 4.98 Å². The van der Waals surface area contributed by atoms with Crippen LogP contribution in [0, 0.1) is 3.57 Å². The lowest BCUT2D eigenvalue weighted by Crippen LogP contribution is -2.36. The van der Waals surface area contributed by atoms with Crippen LogP contribution in [0.1, 0.15) is 0 Å². The van der Waals surface area contributed by atoms with E-state index in [1.54, 1.807) is 0 Å². The van der Waals surface area contributed by atoms with Crippen LogP contribution >= 0.6 is 22.6 Å². The monoisotopic (exact) mass is 349 g/mol. The first-order chi connectivity index (χ1) is 8.29. The van der Waals surface area contributed by atoms with Crippen molar-refractivity contribution in [3.05, 3.63) is 15.7 Å². The van der Waals surface area contributed by atoms with E-state index in [9.17, 15) is 0 Å². The van der Waals surface area contributed by atoms with E-state index in [1.807, 2.05) is 6.07 Å². The third-order valence-electron chi connectivity index (χ3n) is 2.53. The highest BCUT2D eigenvalue weighted by molar-refractivity contribution is 14.1. The Kier molecular flexibility index (Phi) is 4.81. The third kappa shape index (κ3) is 3.68. The van der Waals surface area contributed by atoms with E-state index in [0.717, 1.165) is 41.5 Å². The van der Waals surface area contributed by atoms with Crippen LogP contribution in [0.3, 0.4) is 0 Å². The second kappa shape index (κ2) is 6.36. The van der Waals surface area contributed by atoms with Crippen LogP contribution in [0.15, 0.2) is 12.1 Å². The number of hydrogen-bond donors (Lipinski definition) is 2. The molecule has 0 atom stereocenters. The zero-order valence-corrected chi connectivity index (χ0v) is 11.7. The highest BCUT2D eigenvalue weighted by atomic mass is 127. The Balaban J connectivity index is 2.12. The molecule has 1 aromatic rings. The lowest BCUT2D eigenvalue weighted by Gasteiger charge is -2.28. The molecule has 0 aromatic carbocycles. The molecule has 6 heteroatoms. The standard InChI is InChI=1S/C11H16IN3O2/c12-9-7-10(13-1-4-16)14-11(8-9)15-2-5-17-6-3-15/h7-8,16H,1-6H2,(H,13,14). The van der Waals surface area contributed by atoms with Crippen molar-refractivity contribution >= 4 is 34.2 Å². The normalized spacial score (nSPS) is 16.0. The fraction of sp³-hybridized carbons (Fsp3) is 0.545. The Labute approximate surface area is 114 Å². The Hall–Kier alpha value is -0.600. The number of nitrogens with one attached hydrogen (secondary N) is 1. The number of morpholine rings is 1. The summed E-state index contributed by atoms with van der Waals surface area (Å²) in [5, 5.41) is 11.9. The van der Waals surface area contributed by atoms with Crippen LogP contribution in [0.2, 0.25) is 0 Å². The van der Waals surface area contributed by atoms with E-state index < -0.39 is 0 Å². The van der Waals surface area contributed by atoms with Gasteiger partial charge in [-0.15, -0.1) is 0 Å². The molecule has 1 aromatic heterocycles. The number of hydrogen-bond acceptors (Lipinski definition) is 5. The fourth-order valence-corrected chi connectivity index (χ4v) is 2.29. The SMILES string of the molecule is OCCNc1cc(I)cc(N2CCOCC2)n1. The van der Waals surface area contributed by atoms with Crippen molar-refractivity contribution in [1.29, 1.82) is 0 Å². The molecule has 0 saturated carbocycles. The summed E-state index contributed by atoms with van der Waals surface area (Å²) in [5.41, 5.74) is 0. The molecule has 0 radical (unpaired) electrons. The number of anilines is 2. The largest absolute Gasteiger partial charge is 0.395 e. The molecule has 2 rings (SSSR count). The molecule has 0 spiro atoms. The van der Waals surface area contributed by atoms with Gasteiger partial charge in [-0.3, -0.25) is 0 Å². The fourth-order valence-electron chi connectivity index (χ4n) is 1.71. The molecular formula is C11H16IN3O2. The van der Waals surface area contributed by atoms with Crippen molar-refractivity contribution in [1.82, 2.24) is 4.98 Å². The Morgan fingerprint density at radius 1 is 1.41 bits per heavy atom. The third-order valence-corrected chi connectivity index (χ3v) is 3.15. The number of nitrogens with zero attached hydrogens (tertiary/aromatic N) is 2. The van der Waals surface area contributed by atoms with E-state index in [2.05, 4.69) is 43.9 Å². The quantitative estimate of drug-likeness (QED) is 0.792. The Morgan fingerprint density at radius 3 is 2.88 bits per heavy atom. The summed E-state index contributed by atoms with van der Waals surface area (Å²) in [4.78, 5) is 6.76. The number of pyridine rings is 1. The molecular weight excluding hydrogens is 333 g/mol. The van der Waals surface area contributed by atoms with Crippen LogP contribution in [-0.2, 0) is 4.74 Å². The highest BCUT2D eigenvalue weighted by Crippen LogP contribution is 2.20. The zero-order chi connectivity index (χ0) is 12.1. The van der Waals surface area contributed by atoms with E-state index >= 15 is 0 Å². The second-order valence-corrected chi connectivity index (χ2v) is 5.02. The van der Waals surface area contributed by atoms with Crippen molar-refractivity contribution in [3.8, 4) is 0 Å².